The maximum Gasteiger partial charge on any atom is 0.335 e. The number of nitriles is 1. The number of benzene rings is 1. The van der Waals surface area contributed by atoms with Crippen LogP contribution >= 0.6 is 0 Å². The summed E-state index contributed by atoms with van der Waals surface area (Å²) in [6, 6.07) is 7.30. The second-order valence-corrected chi connectivity index (χ2v) is 4.24. The van der Waals surface area contributed by atoms with E-state index in [9.17, 15) is 4.79 Å². The van der Waals surface area contributed by atoms with Crippen molar-refractivity contribution in [3.63, 3.8) is 0 Å². The third-order valence-electron chi connectivity index (χ3n) is 3.02. The smallest absolute Gasteiger partial charge is 0.335 e. The fourth-order valence-corrected chi connectivity index (χ4v) is 2.05. The Morgan fingerprint density at radius 1 is 1.61 bits per heavy atom. The molecule has 1 unspecified atom stereocenters. The zero-order chi connectivity index (χ0) is 13.1. The fraction of sp³-hybridized carbons (Fsp3) is 0.385. The van der Waals surface area contributed by atoms with E-state index >= 15 is 0 Å². The quantitative estimate of drug-likeness (QED) is 0.854. The van der Waals surface area contributed by atoms with E-state index in [-0.39, 0.29) is 0 Å². The van der Waals surface area contributed by atoms with Crippen LogP contribution in [-0.4, -0.2) is 36.9 Å². The second-order valence-electron chi connectivity index (χ2n) is 4.24. The van der Waals surface area contributed by atoms with Crippen LogP contribution in [0.15, 0.2) is 18.2 Å². The van der Waals surface area contributed by atoms with Gasteiger partial charge in [0.05, 0.1) is 24.8 Å². The van der Waals surface area contributed by atoms with E-state index in [1.165, 1.54) is 0 Å². The number of morpholine rings is 1. The number of nitrogens with zero attached hydrogens (tertiary/aromatic N) is 2. The summed E-state index contributed by atoms with van der Waals surface area (Å²) >= 11 is 0. The predicted octanol–water partition coefficient (Wildman–Crippen LogP) is 1.42. The molecule has 2 rings (SSSR count). The molecule has 1 aromatic rings. The van der Waals surface area contributed by atoms with Gasteiger partial charge in [0.1, 0.15) is 0 Å². The van der Waals surface area contributed by atoms with Gasteiger partial charge in [-0.3, -0.25) is 0 Å². The minimum atomic E-state index is -0.920. The third-order valence-corrected chi connectivity index (χ3v) is 3.02. The van der Waals surface area contributed by atoms with Gasteiger partial charge in [0.25, 0.3) is 0 Å². The van der Waals surface area contributed by atoms with Crippen LogP contribution in [0.2, 0.25) is 0 Å². The molecule has 1 heterocycles. The van der Waals surface area contributed by atoms with Crippen LogP contribution in [-0.2, 0) is 4.74 Å². The van der Waals surface area contributed by atoms with Crippen molar-refractivity contribution in [1.29, 1.82) is 5.26 Å². The van der Waals surface area contributed by atoms with Crippen LogP contribution in [0.1, 0.15) is 15.9 Å². The lowest BCUT2D eigenvalue weighted by Crippen LogP contribution is -2.41. The van der Waals surface area contributed by atoms with E-state index in [4.69, 9.17) is 15.1 Å². The molecule has 1 aliphatic rings. The largest absolute Gasteiger partial charge is 0.478 e. The van der Waals surface area contributed by atoms with Crippen molar-refractivity contribution in [2.75, 3.05) is 24.6 Å². The second kappa shape index (κ2) is 5.07. The first kappa shape index (κ1) is 12.4. The number of carboxylic acids is 1. The Kier molecular flexibility index (Phi) is 3.49. The number of aromatic carboxylic acids is 1. The Morgan fingerprint density at radius 2 is 2.39 bits per heavy atom. The standard InChI is InChI=1S/C13H14N2O3/c1-9-6-10(2-3-12(9)13(16)17)15-4-5-18-11(7-14)8-15/h2-3,6,11H,4-5,8H2,1H3,(H,16,17). The average molecular weight is 246 g/mol. The summed E-state index contributed by atoms with van der Waals surface area (Å²) in [5, 5.41) is 17.8. The lowest BCUT2D eigenvalue weighted by molar-refractivity contribution is 0.0695. The minimum Gasteiger partial charge on any atom is -0.478 e. The SMILES string of the molecule is Cc1cc(N2CCOC(C#N)C2)ccc1C(=O)O. The van der Waals surface area contributed by atoms with Crippen molar-refractivity contribution in [3.8, 4) is 6.07 Å². The molecule has 1 aromatic carbocycles. The molecular formula is C13H14N2O3. The van der Waals surface area contributed by atoms with Gasteiger partial charge in [-0.05, 0) is 30.7 Å². The van der Waals surface area contributed by atoms with Gasteiger partial charge in [-0.15, -0.1) is 0 Å². The van der Waals surface area contributed by atoms with Crippen LogP contribution in [0.4, 0.5) is 5.69 Å². The van der Waals surface area contributed by atoms with Crippen LogP contribution < -0.4 is 4.90 Å². The van der Waals surface area contributed by atoms with Crippen molar-refractivity contribution in [1.82, 2.24) is 0 Å². The molecule has 0 amide bonds. The molecule has 0 spiro atoms. The molecule has 1 atom stereocenters. The topological polar surface area (TPSA) is 73.6 Å². The Bertz CT molecular complexity index is 507. The van der Waals surface area contributed by atoms with Gasteiger partial charge in [0, 0.05) is 12.2 Å². The van der Waals surface area contributed by atoms with E-state index in [2.05, 4.69) is 6.07 Å². The van der Waals surface area contributed by atoms with E-state index < -0.39 is 12.1 Å². The number of hydrogen-bond donors (Lipinski definition) is 1. The highest BCUT2D eigenvalue weighted by atomic mass is 16.5. The van der Waals surface area contributed by atoms with Crippen LogP contribution in [0.5, 0.6) is 0 Å². The molecule has 5 nitrogen and oxygen atoms in total. The maximum atomic E-state index is 10.9. The third kappa shape index (κ3) is 2.44. The van der Waals surface area contributed by atoms with Crippen molar-refractivity contribution >= 4 is 11.7 Å². The number of carbonyl (C=O) groups is 1. The summed E-state index contributed by atoms with van der Waals surface area (Å²) in [6.07, 6.45) is -0.418. The number of hydrogen-bond acceptors (Lipinski definition) is 4. The molecule has 1 fully saturated rings. The minimum absolute atomic E-state index is 0.309. The van der Waals surface area contributed by atoms with E-state index in [1.54, 1.807) is 19.1 Å². The Balaban J connectivity index is 2.21. The molecule has 0 aliphatic carbocycles. The van der Waals surface area contributed by atoms with Crippen LogP contribution in [0.3, 0.4) is 0 Å². The van der Waals surface area contributed by atoms with Gasteiger partial charge >= 0.3 is 5.97 Å². The van der Waals surface area contributed by atoms with Gasteiger partial charge in [-0.2, -0.15) is 5.26 Å². The number of aryl methyl sites for hydroxylation is 1. The molecule has 0 radical (unpaired) electrons. The highest BCUT2D eigenvalue weighted by molar-refractivity contribution is 5.89. The highest BCUT2D eigenvalue weighted by Crippen LogP contribution is 2.21. The maximum absolute atomic E-state index is 10.9. The molecule has 1 aliphatic heterocycles. The first-order valence-corrected chi connectivity index (χ1v) is 5.72. The molecule has 5 heteroatoms. The number of anilines is 1. The van der Waals surface area contributed by atoms with Gasteiger partial charge < -0.3 is 14.7 Å². The predicted molar refractivity (Wildman–Crippen MR) is 65.7 cm³/mol. The summed E-state index contributed by atoms with van der Waals surface area (Å²) in [5.74, 6) is -0.920. The first-order valence-electron chi connectivity index (χ1n) is 5.72. The van der Waals surface area contributed by atoms with Crippen LogP contribution in [0.25, 0.3) is 0 Å². The van der Waals surface area contributed by atoms with E-state index in [0.29, 0.717) is 25.3 Å². The molecule has 1 saturated heterocycles. The molecule has 1 N–H and O–H groups in total. The molecular weight excluding hydrogens is 232 g/mol. The molecule has 0 bridgehead atoms. The van der Waals surface area contributed by atoms with Gasteiger partial charge in [-0.25, -0.2) is 4.79 Å². The zero-order valence-electron chi connectivity index (χ0n) is 10.1. The molecule has 0 saturated carbocycles. The average Bonchev–Trinajstić information content (AvgIpc) is 2.38. The van der Waals surface area contributed by atoms with Gasteiger partial charge in [0.15, 0.2) is 6.10 Å². The first-order chi connectivity index (χ1) is 8.61. The Morgan fingerprint density at radius 3 is 3.00 bits per heavy atom. The molecule has 18 heavy (non-hydrogen) atoms. The summed E-state index contributed by atoms with van der Waals surface area (Å²) < 4.78 is 5.27. The van der Waals surface area contributed by atoms with Gasteiger partial charge in [-0.1, -0.05) is 0 Å². The number of ether oxygens (including phenoxy) is 1. The lowest BCUT2D eigenvalue weighted by atomic mass is 10.1. The van der Waals surface area contributed by atoms with Crippen molar-refractivity contribution < 1.29 is 14.6 Å². The lowest BCUT2D eigenvalue weighted by Gasteiger charge is -2.31. The monoisotopic (exact) mass is 246 g/mol. The van der Waals surface area contributed by atoms with Crippen molar-refractivity contribution in [2.24, 2.45) is 0 Å². The molecule has 0 aromatic heterocycles. The summed E-state index contributed by atoms with van der Waals surface area (Å²) in [4.78, 5) is 13.0. The van der Waals surface area contributed by atoms with E-state index in [1.807, 2.05) is 11.0 Å². The number of rotatable bonds is 2. The van der Waals surface area contributed by atoms with E-state index in [0.717, 1.165) is 11.3 Å². The zero-order valence-corrected chi connectivity index (χ0v) is 10.1. The Labute approximate surface area is 105 Å². The van der Waals surface area contributed by atoms with Crippen molar-refractivity contribution in [2.45, 2.75) is 13.0 Å². The van der Waals surface area contributed by atoms with Gasteiger partial charge in [0.2, 0.25) is 0 Å². The van der Waals surface area contributed by atoms with Crippen molar-refractivity contribution in [3.05, 3.63) is 29.3 Å². The normalized spacial score (nSPS) is 19.3. The Hall–Kier alpha value is -2.06. The van der Waals surface area contributed by atoms with Crippen LogP contribution in [0, 0.1) is 18.3 Å². The number of carboxylic acid groups (broad SMARTS) is 1. The molecule has 94 valence electrons. The highest BCUT2D eigenvalue weighted by Gasteiger charge is 2.20. The fourth-order valence-electron chi connectivity index (χ4n) is 2.05. The summed E-state index contributed by atoms with van der Waals surface area (Å²) in [6.45, 7) is 3.51. The summed E-state index contributed by atoms with van der Waals surface area (Å²) in [5.41, 5.74) is 1.96. The summed E-state index contributed by atoms with van der Waals surface area (Å²) in [7, 11) is 0.